The Morgan fingerprint density at radius 2 is 2.00 bits per heavy atom. The topological polar surface area (TPSA) is 79.8 Å². The van der Waals surface area contributed by atoms with E-state index in [0.717, 1.165) is 11.4 Å². The van der Waals surface area contributed by atoms with E-state index >= 15 is 0 Å². The van der Waals surface area contributed by atoms with Gasteiger partial charge in [0.25, 0.3) is 0 Å². The fourth-order valence-electron chi connectivity index (χ4n) is 1.37. The largest absolute Gasteiger partial charge is 0.329 e. The van der Waals surface area contributed by atoms with Crippen molar-refractivity contribution in [2.45, 2.75) is 13.8 Å². The molecule has 2 rings (SSSR count). The van der Waals surface area contributed by atoms with Crippen molar-refractivity contribution in [3.05, 3.63) is 16.1 Å². The van der Waals surface area contributed by atoms with E-state index in [-0.39, 0.29) is 12.5 Å². The summed E-state index contributed by atoms with van der Waals surface area (Å²) in [5.41, 5.74) is 6.31. The van der Waals surface area contributed by atoms with Crippen LogP contribution in [0.1, 0.15) is 13.8 Å². The summed E-state index contributed by atoms with van der Waals surface area (Å²) < 4.78 is 8.19. The van der Waals surface area contributed by atoms with Crippen molar-refractivity contribution in [3.63, 3.8) is 0 Å². The average Bonchev–Trinajstić information content (AvgIpc) is 2.83. The van der Waals surface area contributed by atoms with Gasteiger partial charge in [0.15, 0.2) is 0 Å². The number of nitrogens with one attached hydrogen (secondary N) is 1. The Balaban J connectivity index is 2.41. The normalized spacial score (nSPS) is 13.1. The molecule has 8 heteroatoms. The summed E-state index contributed by atoms with van der Waals surface area (Å²) in [6.07, 6.45) is 0. The van der Waals surface area contributed by atoms with Crippen LogP contribution in [-0.4, -0.2) is 12.5 Å². The number of hydrogen-bond donors (Lipinski definition) is 2. The summed E-state index contributed by atoms with van der Waals surface area (Å²) in [6, 6.07) is 1.54. The molecule has 0 atom stereocenters. The van der Waals surface area contributed by atoms with E-state index in [1.807, 2.05) is 0 Å². The van der Waals surface area contributed by atoms with Crippen LogP contribution in [0.25, 0.3) is 0 Å². The summed E-state index contributed by atoms with van der Waals surface area (Å²) >= 11 is 13.1. The van der Waals surface area contributed by atoms with Crippen LogP contribution in [-0.2, 0) is 16.1 Å². The van der Waals surface area contributed by atoms with Crippen LogP contribution in [0.4, 0.5) is 17.1 Å². The summed E-state index contributed by atoms with van der Waals surface area (Å²) in [5, 5.41) is 3.48. The third-order valence-electron chi connectivity index (χ3n) is 2.81. The molecule has 102 valence electrons. The van der Waals surface area contributed by atoms with Gasteiger partial charge in [0.1, 0.15) is 11.4 Å². The lowest BCUT2D eigenvalue weighted by molar-refractivity contribution is -0.123. The first-order chi connectivity index (χ1) is 8.86. The molecule has 19 heavy (non-hydrogen) atoms. The molecule has 0 saturated heterocycles. The molecule has 1 heterocycles. The maximum atomic E-state index is 12.1. The molecule has 0 spiro atoms. The molecule has 0 bridgehead atoms. The predicted molar refractivity (Wildman–Crippen MR) is 79.5 cm³/mol. The lowest BCUT2D eigenvalue weighted by Crippen LogP contribution is -2.37. The Morgan fingerprint density at radius 1 is 1.37 bits per heavy atom. The van der Waals surface area contributed by atoms with Gasteiger partial charge in [-0.25, -0.2) is 0 Å². The molecule has 1 amide bonds. The zero-order valence-corrected chi connectivity index (χ0v) is 12.7. The first kappa shape index (κ1) is 14.5. The lowest BCUT2D eigenvalue weighted by Gasteiger charge is -2.22. The number of carbonyl (C=O) groups excluding carboxylic acids is 1. The van der Waals surface area contributed by atoms with Crippen LogP contribution < -0.4 is 11.1 Å². The summed E-state index contributed by atoms with van der Waals surface area (Å²) in [4.78, 5) is 12.1. The quantitative estimate of drug-likeness (QED) is 0.905. The maximum absolute atomic E-state index is 12.1. The number of amides is 1. The molecule has 1 aliphatic heterocycles. The van der Waals surface area contributed by atoms with Gasteiger partial charge >= 0.3 is 0 Å². The van der Waals surface area contributed by atoms with Crippen LogP contribution in [0.5, 0.6) is 0 Å². The second-order valence-corrected chi connectivity index (χ2v) is 6.06. The molecule has 1 aromatic carbocycles. The highest BCUT2D eigenvalue weighted by molar-refractivity contribution is 7.58. The summed E-state index contributed by atoms with van der Waals surface area (Å²) in [6.45, 7) is 3.73. The van der Waals surface area contributed by atoms with Gasteiger partial charge in [0.2, 0.25) is 5.91 Å². The number of carbonyl (C=O) groups is 1. The molecule has 0 aromatic heterocycles. The molecule has 5 nitrogen and oxygen atoms in total. The van der Waals surface area contributed by atoms with E-state index in [4.69, 9.17) is 28.9 Å². The van der Waals surface area contributed by atoms with Gasteiger partial charge in [0.05, 0.1) is 32.5 Å². The monoisotopic (exact) mass is 318 g/mol. The predicted octanol–water partition coefficient (Wildman–Crippen LogP) is 3.64. The fourth-order valence-corrected chi connectivity index (χ4v) is 2.53. The van der Waals surface area contributed by atoms with Crippen molar-refractivity contribution in [2.24, 2.45) is 19.9 Å². The third-order valence-corrected chi connectivity index (χ3v) is 3.92. The molecular weight excluding hydrogens is 307 g/mol. The van der Waals surface area contributed by atoms with E-state index in [0.29, 0.717) is 27.1 Å². The standard InChI is InChI=1S/C11H12Cl2N4OS/c1-11(2,4-14)10(18)15-7-5(12)3-6(13)8-9(7)17-19-16-8/h3H,4,14H2,1-2H3,(H,15,18). The molecule has 0 aliphatic carbocycles. The minimum Gasteiger partial charge on any atom is -0.329 e. The molecule has 0 fully saturated rings. The van der Waals surface area contributed by atoms with Gasteiger partial charge in [-0.15, -0.1) is 0 Å². The molecule has 0 radical (unpaired) electrons. The SMILES string of the molecule is CC(C)(CN)C(=O)Nc1c(Cl)cc(Cl)c2c1N=S=N2. The second kappa shape index (κ2) is 5.20. The average molecular weight is 319 g/mol. The van der Waals surface area contributed by atoms with E-state index in [1.54, 1.807) is 13.8 Å². The van der Waals surface area contributed by atoms with Crippen LogP contribution >= 0.6 is 23.2 Å². The Morgan fingerprint density at radius 3 is 2.63 bits per heavy atom. The van der Waals surface area contributed by atoms with Gasteiger partial charge in [-0.1, -0.05) is 23.2 Å². The number of benzene rings is 1. The fraction of sp³-hybridized carbons (Fsp3) is 0.364. The van der Waals surface area contributed by atoms with Crippen LogP contribution in [0, 0.1) is 5.41 Å². The third kappa shape index (κ3) is 2.67. The van der Waals surface area contributed by atoms with Crippen molar-refractivity contribution in [1.82, 2.24) is 0 Å². The highest BCUT2D eigenvalue weighted by Gasteiger charge is 2.28. The number of fused-ring (bicyclic) bond motifs is 1. The number of rotatable bonds is 3. The van der Waals surface area contributed by atoms with E-state index < -0.39 is 5.41 Å². The highest BCUT2D eigenvalue weighted by Crippen LogP contribution is 2.47. The minimum atomic E-state index is -0.696. The Bertz CT molecular complexity index is 624. The van der Waals surface area contributed by atoms with Gasteiger partial charge < -0.3 is 11.1 Å². The zero-order valence-electron chi connectivity index (χ0n) is 10.3. The Hall–Kier alpha value is -0.950. The molecule has 1 aliphatic rings. The minimum absolute atomic E-state index is 0.225. The molecule has 0 unspecified atom stereocenters. The van der Waals surface area contributed by atoms with Crippen molar-refractivity contribution in [1.29, 1.82) is 0 Å². The van der Waals surface area contributed by atoms with Crippen molar-refractivity contribution in [3.8, 4) is 0 Å². The lowest BCUT2D eigenvalue weighted by atomic mass is 9.92. The van der Waals surface area contributed by atoms with Gasteiger partial charge in [-0.2, -0.15) is 8.73 Å². The van der Waals surface area contributed by atoms with E-state index in [1.165, 1.54) is 6.07 Å². The zero-order chi connectivity index (χ0) is 14.2. The van der Waals surface area contributed by atoms with Gasteiger partial charge in [-0.3, -0.25) is 4.79 Å². The molecule has 3 N–H and O–H groups in total. The first-order valence-electron chi connectivity index (χ1n) is 5.48. The second-order valence-electron chi connectivity index (χ2n) is 4.72. The van der Waals surface area contributed by atoms with Gasteiger partial charge in [0, 0.05) is 6.54 Å². The van der Waals surface area contributed by atoms with Crippen molar-refractivity contribution < 1.29 is 4.79 Å². The molecule has 0 saturated carbocycles. The van der Waals surface area contributed by atoms with Crippen molar-refractivity contribution in [2.75, 3.05) is 11.9 Å². The molecular formula is C11H12Cl2N4OS. The van der Waals surface area contributed by atoms with E-state index in [2.05, 4.69) is 14.0 Å². The first-order valence-corrected chi connectivity index (χ1v) is 6.97. The Labute approximate surface area is 124 Å². The maximum Gasteiger partial charge on any atom is 0.231 e. The summed E-state index contributed by atoms with van der Waals surface area (Å²) in [5.74, 6) is -0.228. The number of hydrogen-bond acceptors (Lipinski definition) is 4. The Kier molecular flexibility index (Phi) is 3.96. The summed E-state index contributed by atoms with van der Waals surface area (Å²) in [7, 11) is 0. The van der Waals surface area contributed by atoms with E-state index in [9.17, 15) is 4.79 Å². The van der Waals surface area contributed by atoms with Crippen LogP contribution in [0.2, 0.25) is 10.0 Å². The number of nitrogens with zero attached hydrogens (tertiary/aromatic N) is 2. The van der Waals surface area contributed by atoms with Crippen LogP contribution in [0.3, 0.4) is 0 Å². The van der Waals surface area contributed by atoms with Crippen LogP contribution in [0.15, 0.2) is 14.8 Å². The smallest absolute Gasteiger partial charge is 0.231 e. The number of anilines is 1. The number of halogens is 2. The van der Waals surface area contributed by atoms with Gasteiger partial charge in [-0.05, 0) is 19.9 Å². The number of nitrogens with two attached hydrogens (primary N) is 1. The van der Waals surface area contributed by atoms with Crippen molar-refractivity contribution >= 4 is 57.5 Å². The highest BCUT2D eigenvalue weighted by atomic mass is 35.5. The molecule has 1 aromatic rings.